The van der Waals surface area contributed by atoms with E-state index in [4.69, 9.17) is 16.3 Å². The van der Waals surface area contributed by atoms with Crippen LogP contribution >= 0.6 is 11.6 Å². The molecule has 1 aromatic heterocycles. The molecule has 4 nitrogen and oxygen atoms in total. The van der Waals surface area contributed by atoms with Gasteiger partial charge in [-0.25, -0.2) is 0 Å². The summed E-state index contributed by atoms with van der Waals surface area (Å²) in [5.41, 5.74) is 2.79. The Bertz CT molecular complexity index is 940. The maximum atomic E-state index is 12.4. The highest BCUT2D eigenvalue weighted by atomic mass is 35.5. The molecule has 0 aliphatic carbocycles. The largest absolute Gasteiger partial charge is 0.495 e. The molecule has 5 heteroatoms. The van der Waals surface area contributed by atoms with E-state index in [-0.39, 0.29) is 5.91 Å². The van der Waals surface area contributed by atoms with Crippen molar-refractivity contribution in [1.29, 1.82) is 0 Å². The lowest BCUT2D eigenvalue weighted by atomic mass is 10.1. The van der Waals surface area contributed by atoms with Crippen molar-refractivity contribution in [2.24, 2.45) is 0 Å². The molecular formula is C21H17ClN2O2. The van der Waals surface area contributed by atoms with Gasteiger partial charge >= 0.3 is 0 Å². The number of carbonyl (C=O) groups excluding carboxylic acids is 1. The van der Waals surface area contributed by atoms with Crippen LogP contribution in [0, 0.1) is 0 Å². The third kappa shape index (κ3) is 4.29. The fourth-order valence-corrected chi connectivity index (χ4v) is 2.63. The standard InChI is InChI=1S/C21H17ClN2O2/c1-26-20-14-15(9-11-16-6-4-5-13-23-16)10-12-19(20)24-21(25)17-7-2-3-8-18(17)22/h2-14H,1H3,(H,24,25). The van der Waals surface area contributed by atoms with Crippen molar-refractivity contribution in [2.75, 3.05) is 12.4 Å². The van der Waals surface area contributed by atoms with Crippen LogP contribution in [0.2, 0.25) is 5.02 Å². The Morgan fingerprint density at radius 1 is 1.08 bits per heavy atom. The highest BCUT2D eigenvalue weighted by Gasteiger charge is 2.12. The van der Waals surface area contributed by atoms with Gasteiger partial charge in [-0.05, 0) is 48.0 Å². The topological polar surface area (TPSA) is 51.2 Å². The summed E-state index contributed by atoms with van der Waals surface area (Å²) in [4.78, 5) is 16.7. The van der Waals surface area contributed by atoms with Gasteiger partial charge in [0.05, 0.1) is 29.1 Å². The van der Waals surface area contributed by atoms with E-state index in [0.717, 1.165) is 11.3 Å². The molecule has 3 aromatic rings. The molecule has 0 radical (unpaired) electrons. The Morgan fingerprint density at radius 2 is 1.88 bits per heavy atom. The molecule has 0 saturated carbocycles. The average Bonchev–Trinajstić information content (AvgIpc) is 2.68. The summed E-state index contributed by atoms with van der Waals surface area (Å²) < 4.78 is 5.41. The Morgan fingerprint density at radius 3 is 2.62 bits per heavy atom. The first-order chi connectivity index (χ1) is 12.7. The lowest BCUT2D eigenvalue weighted by Gasteiger charge is -2.11. The molecule has 0 aliphatic rings. The van der Waals surface area contributed by atoms with Gasteiger partial charge in [0.2, 0.25) is 0 Å². The molecular weight excluding hydrogens is 348 g/mol. The van der Waals surface area contributed by atoms with Crippen LogP contribution in [-0.4, -0.2) is 18.0 Å². The Labute approximate surface area is 157 Å². The molecule has 0 bridgehead atoms. The third-order valence-electron chi connectivity index (χ3n) is 3.73. The second kappa shape index (κ2) is 8.32. The van der Waals surface area contributed by atoms with Crippen LogP contribution < -0.4 is 10.1 Å². The lowest BCUT2D eigenvalue weighted by Crippen LogP contribution is -2.13. The van der Waals surface area contributed by atoms with Gasteiger partial charge in [-0.3, -0.25) is 9.78 Å². The lowest BCUT2D eigenvalue weighted by molar-refractivity contribution is 0.102. The summed E-state index contributed by atoms with van der Waals surface area (Å²) in [6, 6.07) is 18.2. The molecule has 0 aliphatic heterocycles. The van der Waals surface area contributed by atoms with E-state index in [1.807, 2.05) is 42.5 Å². The number of ether oxygens (including phenoxy) is 1. The maximum absolute atomic E-state index is 12.4. The number of aromatic nitrogens is 1. The molecule has 0 unspecified atom stereocenters. The van der Waals surface area contributed by atoms with Crippen LogP contribution in [0.15, 0.2) is 66.9 Å². The van der Waals surface area contributed by atoms with E-state index < -0.39 is 0 Å². The summed E-state index contributed by atoms with van der Waals surface area (Å²) >= 11 is 6.08. The van der Waals surface area contributed by atoms with Gasteiger partial charge < -0.3 is 10.1 Å². The third-order valence-corrected chi connectivity index (χ3v) is 4.06. The molecule has 1 N–H and O–H groups in total. The monoisotopic (exact) mass is 364 g/mol. The predicted molar refractivity (Wildman–Crippen MR) is 106 cm³/mol. The number of nitrogens with one attached hydrogen (secondary N) is 1. The average molecular weight is 365 g/mol. The molecule has 26 heavy (non-hydrogen) atoms. The zero-order valence-corrected chi connectivity index (χ0v) is 14.9. The smallest absolute Gasteiger partial charge is 0.257 e. The maximum Gasteiger partial charge on any atom is 0.257 e. The first kappa shape index (κ1) is 17.7. The summed E-state index contributed by atoms with van der Waals surface area (Å²) in [5, 5.41) is 3.24. The number of hydrogen-bond donors (Lipinski definition) is 1. The highest BCUT2D eigenvalue weighted by molar-refractivity contribution is 6.34. The van der Waals surface area contributed by atoms with Crippen LogP contribution in [0.25, 0.3) is 12.2 Å². The molecule has 0 atom stereocenters. The van der Waals surface area contributed by atoms with E-state index >= 15 is 0 Å². The van der Waals surface area contributed by atoms with Crippen LogP contribution in [0.3, 0.4) is 0 Å². The predicted octanol–water partition coefficient (Wildman–Crippen LogP) is 5.17. The number of benzene rings is 2. The minimum atomic E-state index is -0.286. The first-order valence-electron chi connectivity index (χ1n) is 8.00. The minimum Gasteiger partial charge on any atom is -0.495 e. The molecule has 3 rings (SSSR count). The first-order valence-corrected chi connectivity index (χ1v) is 8.38. The molecule has 2 aromatic carbocycles. The number of hydrogen-bond acceptors (Lipinski definition) is 3. The number of pyridine rings is 1. The summed E-state index contributed by atoms with van der Waals surface area (Å²) in [5.74, 6) is 0.277. The molecule has 1 heterocycles. The van der Waals surface area contributed by atoms with Crippen molar-refractivity contribution in [3.63, 3.8) is 0 Å². The van der Waals surface area contributed by atoms with Crippen molar-refractivity contribution in [2.45, 2.75) is 0 Å². The van der Waals surface area contributed by atoms with Crippen molar-refractivity contribution in [1.82, 2.24) is 4.98 Å². The van der Waals surface area contributed by atoms with Gasteiger partial charge in [0, 0.05) is 6.20 Å². The Balaban J connectivity index is 1.80. The molecule has 130 valence electrons. The van der Waals surface area contributed by atoms with Gasteiger partial charge in [-0.2, -0.15) is 0 Å². The zero-order chi connectivity index (χ0) is 18.4. The minimum absolute atomic E-state index is 0.286. The molecule has 1 amide bonds. The number of methoxy groups -OCH3 is 1. The van der Waals surface area contributed by atoms with Crippen LogP contribution in [0.5, 0.6) is 5.75 Å². The number of amides is 1. The van der Waals surface area contributed by atoms with E-state index in [9.17, 15) is 4.79 Å². The molecule has 0 fully saturated rings. The van der Waals surface area contributed by atoms with Crippen LogP contribution in [0.4, 0.5) is 5.69 Å². The second-order valence-electron chi connectivity index (χ2n) is 5.48. The van der Waals surface area contributed by atoms with Gasteiger partial charge in [-0.15, -0.1) is 0 Å². The number of nitrogens with zero attached hydrogens (tertiary/aromatic N) is 1. The molecule has 0 spiro atoms. The number of halogens is 1. The van der Waals surface area contributed by atoms with Gasteiger partial charge in [0.15, 0.2) is 0 Å². The van der Waals surface area contributed by atoms with Crippen LogP contribution in [0.1, 0.15) is 21.6 Å². The number of carbonyl (C=O) groups is 1. The van der Waals surface area contributed by atoms with Gasteiger partial charge in [0.25, 0.3) is 5.91 Å². The van der Waals surface area contributed by atoms with Crippen molar-refractivity contribution in [3.05, 3.63) is 88.7 Å². The van der Waals surface area contributed by atoms with Gasteiger partial charge in [-0.1, -0.05) is 41.9 Å². The van der Waals surface area contributed by atoms with E-state index in [1.54, 1.807) is 43.6 Å². The SMILES string of the molecule is COc1cc(C=Cc2ccccn2)ccc1NC(=O)c1ccccc1Cl. The normalized spacial score (nSPS) is 10.7. The van der Waals surface area contributed by atoms with Crippen molar-refractivity contribution < 1.29 is 9.53 Å². The number of anilines is 1. The fraction of sp³-hybridized carbons (Fsp3) is 0.0476. The van der Waals surface area contributed by atoms with Crippen molar-refractivity contribution >= 4 is 35.3 Å². The second-order valence-corrected chi connectivity index (χ2v) is 5.89. The zero-order valence-electron chi connectivity index (χ0n) is 14.1. The van der Waals surface area contributed by atoms with Crippen LogP contribution in [-0.2, 0) is 0 Å². The van der Waals surface area contributed by atoms with E-state index in [0.29, 0.717) is 22.0 Å². The van der Waals surface area contributed by atoms with E-state index in [2.05, 4.69) is 10.3 Å². The Kier molecular flexibility index (Phi) is 5.66. The summed E-state index contributed by atoms with van der Waals surface area (Å²) in [6.45, 7) is 0. The fourth-order valence-electron chi connectivity index (χ4n) is 2.41. The van der Waals surface area contributed by atoms with E-state index in [1.165, 1.54) is 0 Å². The number of rotatable bonds is 5. The highest BCUT2D eigenvalue weighted by Crippen LogP contribution is 2.27. The Hall–Kier alpha value is -3.11. The van der Waals surface area contributed by atoms with Crippen molar-refractivity contribution in [3.8, 4) is 5.75 Å². The summed E-state index contributed by atoms with van der Waals surface area (Å²) in [7, 11) is 1.56. The molecule has 0 saturated heterocycles. The quantitative estimate of drug-likeness (QED) is 0.679. The summed E-state index contributed by atoms with van der Waals surface area (Å²) in [6.07, 6.45) is 5.59. The van der Waals surface area contributed by atoms with Gasteiger partial charge in [0.1, 0.15) is 5.75 Å².